The Balaban J connectivity index is 1.92. The maximum Gasteiger partial charge on any atom is 0.265 e. The molecule has 7 nitrogen and oxygen atoms in total. The topological polar surface area (TPSA) is 79.9 Å². The van der Waals surface area contributed by atoms with E-state index in [0.717, 1.165) is 16.8 Å². The predicted molar refractivity (Wildman–Crippen MR) is 102 cm³/mol. The van der Waals surface area contributed by atoms with E-state index in [-0.39, 0.29) is 11.8 Å². The molecule has 2 amide bonds. The fourth-order valence-electron chi connectivity index (χ4n) is 3.29. The van der Waals surface area contributed by atoms with Crippen LogP contribution in [0.2, 0.25) is 0 Å². The lowest BCUT2D eigenvalue weighted by molar-refractivity contribution is -0.139. The third kappa shape index (κ3) is 3.81. The molecule has 0 aliphatic carbocycles. The molecule has 27 heavy (non-hydrogen) atoms. The number of anilines is 1. The first kappa shape index (κ1) is 18.6. The molecule has 2 aromatic rings. The summed E-state index contributed by atoms with van der Waals surface area (Å²) in [5, 5.41) is 0. The molecule has 0 radical (unpaired) electrons. The molecule has 7 heteroatoms. The number of nitrogens with one attached hydrogen (secondary N) is 2. The van der Waals surface area contributed by atoms with Crippen LogP contribution in [0, 0.1) is 0 Å². The van der Waals surface area contributed by atoms with Gasteiger partial charge in [-0.05, 0) is 41.8 Å². The Kier molecular flexibility index (Phi) is 5.49. The molecule has 3 rings (SSSR count). The van der Waals surface area contributed by atoms with Crippen molar-refractivity contribution in [2.24, 2.45) is 0 Å². The highest BCUT2D eigenvalue weighted by Gasteiger charge is 2.35. The number of hydrazine groups is 1. The summed E-state index contributed by atoms with van der Waals surface area (Å²) in [4.78, 5) is 26.7. The maximum atomic E-state index is 13.0. The van der Waals surface area contributed by atoms with Crippen LogP contribution < -0.4 is 20.3 Å². The van der Waals surface area contributed by atoms with E-state index in [9.17, 15) is 9.59 Å². The quantitative estimate of drug-likeness (QED) is 0.791. The van der Waals surface area contributed by atoms with Gasteiger partial charge < -0.3 is 14.4 Å². The first-order chi connectivity index (χ1) is 13.0. The van der Waals surface area contributed by atoms with Gasteiger partial charge in [0.1, 0.15) is 6.04 Å². The molecule has 0 bridgehead atoms. The van der Waals surface area contributed by atoms with Crippen molar-refractivity contribution >= 4 is 17.5 Å². The number of rotatable bonds is 5. The minimum absolute atomic E-state index is 0.157. The molecule has 1 atom stereocenters. The van der Waals surface area contributed by atoms with Crippen LogP contribution in [0.25, 0.3) is 0 Å². The highest BCUT2D eigenvalue weighted by atomic mass is 16.5. The molecule has 1 aliphatic heterocycles. The molecule has 0 aromatic heterocycles. The largest absolute Gasteiger partial charge is 0.493 e. The lowest BCUT2D eigenvalue weighted by Crippen LogP contribution is -2.47. The molecule has 142 valence electrons. The molecule has 2 aromatic carbocycles. The number of methoxy groups -OCH3 is 2. The lowest BCUT2D eigenvalue weighted by atomic mass is 9.91. The number of nitrogens with zero attached hydrogens (tertiary/aromatic N) is 1. The number of carbonyl (C=O) groups excluding carboxylic acids is 2. The van der Waals surface area contributed by atoms with E-state index in [0.29, 0.717) is 24.5 Å². The Morgan fingerprint density at radius 1 is 1.07 bits per heavy atom. The Hall–Kier alpha value is -3.22. The molecule has 2 N–H and O–H groups in total. The van der Waals surface area contributed by atoms with Gasteiger partial charge in [-0.3, -0.25) is 20.4 Å². The van der Waals surface area contributed by atoms with Gasteiger partial charge in [0.15, 0.2) is 11.5 Å². The first-order valence-corrected chi connectivity index (χ1v) is 8.68. The van der Waals surface area contributed by atoms with E-state index in [2.05, 4.69) is 10.9 Å². The maximum absolute atomic E-state index is 13.0. The second-order valence-electron chi connectivity index (χ2n) is 6.25. The molecule has 1 unspecified atom stereocenters. The summed E-state index contributed by atoms with van der Waals surface area (Å²) in [5.74, 6) is 0.655. The third-order valence-corrected chi connectivity index (χ3v) is 4.63. The van der Waals surface area contributed by atoms with Gasteiger partial charge in [0, 0.05) is 13.5 Å². The Morgan fingerprint density at radius 3 is 2.37 bits per heavy atom. The van der Waals surface area contributed by atoms with Gasteiger partial charge in [-0.2, -0.15) is 0 Å². The zero-order valence-corrected chi connectivity index (χ0v) is 15.6. The summed E-state index contributed by atoms with van der Waals surface area (Å²) < 4.78 is 10.7. The predicted octanol–water partition coefficient (Wildman–Crippen LogP) is 2.29. The minimum Gasteiger partial charge on any atom is -0.493 e. The number of ether oxygens (including phenoxy) is 2. The Bertz CT molecular complexity index is 839. The van der Waals surface area contributed by atoms with Crippen molar-refractivity contribution in [1.29, 1.82) is 0 Å². The van der Waals surface area contributed by atoms with Crippen molar-refractivity contribution in [3.8, 4) is 11.5 Å². The molecular weight excluding hydrogens is 346 g/mol. The van der Waals surface area contributed by atoms with Crippen molar-refractivity contribution in [3.63, 3.8) is 0 Å². The summed E-state index contributed by atoms with van der Waals surface area (Å²) >= 11 is 0. The normalized spacial score (nSPS) is 15.5. The van der Waals surface area contributed by atoms with Gasteiger partial charge >= 0.3 is 0 Å². The average molecular weight is 369 g/mol. The SMILES string of the molecule is COc1cc2c(cc1OC)C(C(=O)NNc1ccccc1)N(C(C)=O)CC2. The molecule has 1 heterocycles. The third-order valence-electron chi connectivity index (χ3n) is 4.63. The number of carbonyl (C=O) groups is 2. The zero-order valence-electron chi connectivity index (χ0n) is 15.6. The summed E-state index contributed by atoms with van der Waals surface area (Å²) in [6, 6.07) is 12.2. The van der Waals surface area contributed by atoms with E-state index in [4.69, 9.17) is 9.47 Å². The monoisotopic (exact) mass is 369 g/mol. The number of fused-ring (bicyclic) bond motifs is 1. The van der Waals surface area contributed by atoms with Crippen LogP contribution in [-0.4, -0.2) is 37.5 Å². The van der Waals surface area contributed by atoms with E-state index >= 15 is 0 Å². The molecular formula is C20H23N3O4. The second kappa shape index (κ2) is 7.99. The number of benzene rings is 2. The number of hydrogen-bond acceptors (Lipinski definition) is 5. The highest BCUT2D eigenvalue weighted by Crippen LogP contribution is 2.38. The first-order valence-electron chi connectivity index (χ1n) is 8.68. The van der Waals surface area contributed by atoms with E-state index in [1.54, 1.807) is 25.2 Å². The number of amides is 2. The van der Waals surface area contributed by atoms with Gasteiger partial charge in [0.2, 0.25) is 5.91 Å². The van der Waals surface area contributed by atoms with Crippen LogP contribution in [-0.2, 0) is 16.0 Å². The lowest BCUT2D eigenvalue weighted by Gasteiger charge is -2.36. The van der Waals surface area contributed by atoms with Crippen LogP contribution in [0.15, 0.2) is 42.5 Å². The van der Waals surface area contributed by atoms with Gasteiger partial charge in [-0.1, -0.05) is 18.2 Å². The van der Waals surface area contributed by atoms with E-state index in [1.807, 2.05) is 36.4 Å². The van der Waals surface area contributed by atoms with Gasteiger partial charge in [0.05, 0.1) is 19.9 Å². The summed E-state index contributed by atoms with van der Waals surface area (Å²) in [7, 11) is 3.12. The van der Waals surface area contributed by atoms with Crippen LogP contribution in [0.4, 0.5) is 5.69 Å². The van der Waals surface area contributed by atoms with Gasteiger partial charge in [0.25, 0.3) is 5.91 Å². The van der Waals surface area contributed by atoms with Crippen LogP contribution >= 0.6 is 0 Å². The summed E-state index contributed by atoms with van der Waals surface area (Å²) in [6.45, 7) is 1.93. The van der Waals surface area contributed by atoms with Gasteiger partial charge in [-0.15, -0.1) is 0 Å². The standard InChI is InChI=1S/C20H23N3O4/c1-13(24)23-10-9-14-11-17(26-2)18(27-3)12-16(14)19(23)20(25)22-21-15-7-5-4-6-8-15/h4-8,11-12,19,21H,9-10H2,1-3H3,(H,22,25). The number of para-hydroxylation sites is 1. The summed E-state index contributed by atoms with van der Waals surface area (Å²) in [6.07, 6.45) is 0.644. The molecule has 1 aliphatic rings. The number of hydrogen-bond donors (Lipinski definition) is 2. The molecule has 0 spiro atoms. The van der Waals surface area contributed by atoms with Crippen molar-refractivity contribution in [3.05, 3.63) is 53.6 Å². The Morgan fingerprint density at radius 2 is 1.74 bits per heavy atom. The van der Waals surface area contributed by atoms with Crippen molar-refractivity contribution in [2.75, 3.05) is 26.2 Å². The van der Waals surface area contributed by atoms with Crippen LogP contribution in [0.1, 0.15) is 24.1 Å². The molecule has 0 fully saturated rings. The average Bonchev–Trinajstić information content (AvgIpc) is 2.70. The smallest absolute Gasteiger partial charge is 0.265 e. The minimum atomic E-state index is -0.748. The second-order valence-corrected chi connectivity index (χ2v) is 6.25. The fourth-order valence-corrected chi connectivity index (χ4v) is 3.29. The zero-order chi connectivity index (χ0) is 19.4. The van der Waals surface area contributed by atoms with Crippen LogP contribution in [0.5, 0.6) is 11.5 Å². The van der Waals surface area contributed by atoms with Crippen molar-refractivity contribution in [1.82, 2.24) is 10.3 Å². The summed E-state index contributed by atoms with van der Waals surface area (Å²) in [5.41, 5.74) is 8.05. The van der Waals surface area contributed by atoms with Gasteiger partial charge in [-0.25, -0.2) is 0 Å². The van der Waals surface area contributed by atoms with Crippen LogP contribution in [0.3, 0.4) is 0 Å². The molecule has 0 saturated carbocycles. The highest BCUT2D eigenvalue weighted by molar-refractivity contribution is 5.89. The fraction of sp³-hybridized carbons (Fsp3) is 0.300. The van der Waals surface area contributed by atoms with E-state index < -0.39 is 6.04 Å². The Labute approximate surface area is 158 Å². The van der Waals surface area contributed by atoms with Crippen molar-refractivity contribution < 1.29 is 19.1 Å². The molecule has 0 saturated heterocycles. The van der Waals surface area contributed by atoms with E-state index in [1.165, 1.54) is 6.92 Å². The van der Waals surface area contributed by atoms with Crippen molar-refractivity contribution in [2.45, 2.75) is 19.4 Å².